The normalized spacial score (nSPS) is 12.4. The average molecular weight is 408 g/mol. The van der Waals surface area contributed by atoms with Crippen LogP contribution in [-0.2, 0) is 22.4 Å². The molecule has 4 rings (SSSR count). The van der Waals surface area contributed by atoms with Gasteiger partial charge < -0.3 is 19.8 Å². The minimum atomic E-state index is -1.14. The highest BCUT2D eigenvalue weighted by molar-refractivity contribution is 5.91. The van der Waals surface area contributed by atoms with E-state index >= 15 is 0 Å². The Morgan fingerprint density at radius 2 is 1.90 bits per heavy atom. The molecule has 0 fully saturated rings. The van der Waals surface area contributed by atoms with Crippen LogP contribution in [0.15, 0.2) is 47.2 Å². The Kier molecular flexibility index (Phi) is 5.03. The number of amides is 1. The summed E-state index contributed by atoms with van der Waals surface area (Å²) in [5.74, 6) is -1.92. The summed E-state index contributed by atoms with van der Waals surface area (Å²) in [6, 6.07) is 7.05. The van der Waals surface area contributed by atoms with Crippen LogP contribution in [0, 0.1) is 19.7 Å². The Labute approximate surface area is 171 Å². The number of carbonyl (C=O) groups excluding carboxylic acids is 1. The molecule has 6 nitrogen and oxygen atoms in total. The first kappa shape index (κ1) is 19.7. The van der Waals surface area contributed by atoms with Crippen molar-refractivity contribution in [3.63, 3.8) is 0 Å². The molecule has 154 valence electrons. The maximum absolute atomic E-state index is 13.4. The number of furan rings is 1. The quantitative estimate of drug-likeness (QED) is 0.449. The molecule has 30 heavy (non-hydrogen) atoms. The van der Waals surface area contributed by atoms with Crippen molar-refractivity contribution in [3.8, 4) is 0 Å². The summed E-state index contributed by atoms with van der Waals surface area (Å²) >= 11 is 0. The maximum Gasteiger partial charge on any atom is 0.326 e. The largest absolute Gasteiger partial charge is 0.480 e. The van der Waals surface area contributed by atoms with Crippen molar-refractivity contribution < 1.29 is 23.5 Å². The lowest BCUT2D eigenvalue weighted by molar-refractivity contribution is -0.141. The van der Waals surface area contributed by atoms with Crippen molar-refractivity contribution >= 4 is 33.7 Å². The highest BCUT2D eigenvalue weighted by atomic mass is 19.1. The van der Waals surface area contributed by atoms with Gasteiger partial charge in [0.25, 0.3) is 0 Å². The molecule has 0 bridgehead atoms. The van der Waals surface area contributed by atoms with E-state index in [0.717, 1.165) is 21.9 Å². The molecule has 2 aromatic heterocycles. The van der Waals surface area contributed by atoms with Gasteiger partial charge in [0.15, 0.2) is 0 Å². The lowest BCUT2D eigenvalue weighted by Gasteiger charge is -2.14. The van der Waals surface area contributed by atoms with Crippen molar-refractivity contribution in [3.05, 3.63) is 70.9 Å². The number of aryl methyl sites for hydroxylation is 2. The fourth-order valence-electron chi connectivity index (χ4n) is 3.64. The molecule has 1 unspecified atom stereocenters. The van der Waals surface area contributed by atoms with Crippen molar-refractivity contribution in [1.82, 2.24) is 10.3 Å². The number of carbonyl (C=O) groups is 2. The molecule has 0 radical (unpaired) electrons. The Balaban J connectivity index is 1.51. The topological polar surface area (TPSA) is 95.3 Å². The highest BCUT2D eigenvalue weighted by Crippen LogP contribution is 2.25. The van der Waals surface area contributed by atoms with E-state index in [2.05, 4.69) is 10.3 Å². The zero-order valence-electron chi connectivity index (χ0n) is 16.6. The van der Waals surface area contributed by atoms with E-state index in [1.165, 1.54) is 18.4 Å². The molecule has 0 saturated heterocycles. The van der Waals surface area contributed by atoms with Crippen molar-refractivity contribution in [2.75, 3.05) is 0 Å². The Hall–Kier alpha value is -3.61. The van der Waals surface area contributed by atoms with E-state index in [1.54, 1.807) is 12.3 Å². The number of hydrogen-bond donors (Lipinski definition) is 3. The second-order valence-corrected chi connectivity index (χ2v) is 7.54. The van der Waals surface area contributed by atoms with Crippen LogP contribution >= 0.6 is 0 Å². The predicted molar refractivity (Wildman–Crippen MR) is 111 cm³/mol. The van der Waals surface area contributed by atoms with Gasteiger partial charge in [0.1, 0.15) is 17.4 Å². The van der Waals surface area contributed by atoms with Gasteiger partial charge in [-0.15, -0.1) is 0 Å². The molecule has 3 N–H and O–H groups in total. The number of hydrogen-bond acceptors (Lipinski definition) is 3. The van der Waals surface area contributed by atoms with E-state index in [0.29, 0.717) is 22.2 Å². The van der Waals surface area contributed by atoms with Crippen LogP contribution in [0.1, 0.15) is 22.3 Å². The van der Waals surface area contributed by atoms with Gasteiger partial charge in [0, 0.05) is 34.5 Å². The van der Waals surface area contributed by atoms with Crippen LogP contribution in [0.25, 0.3) is 21.9 Å². The lowest BCUT2D eigenvalue weighted by Crippen LogP contribution is -2.43. The molecule has 0 spiro atoms. The zero-order chi connectivity index (χ0) is 21.4. The van der Waals surface area contributed by atoms with E-state index in [1.807, 2.05) is 26.0 Å². The van der Waals surface area contributed by atoms with Gasteiger partial charge >= 0.3 is 5.97 Å². The molecule has 7 heteroatoms. The van der Waals surface area contributed by atoms with E-state index < -0.39 is 17.9 Å². The van der Waals surface area contributed by atoms with Gasteiger partial charge in [0.05, 0.1) is 12.7 Å². The number of aromatic amines is 1. The second-order valence-electron chi connectivity index (χ2n) is 7.54. The Bertz CT molecular complexity index is 1270. The number of halogens is 1. The van der Waals surface area contributed by atoms with Crippen molar-refractivity contribution in [2.24, 2.45) is 0 Å². The molecule has 0 aliphatic rings. The smallest absolute Gasteiger partial charge is 0.326 e. The van der Waals surface area contributed by atoms with E-state index in [-0.39, 0.29) is 18.7 Å². The van der Waals surface area contributed by atoms with Crippen LogP contribution in [0.3, 0.4) is 0 Å². The van der Waals surface area contributed by atoms with Gasteiger partial charge in [-0.3, -0.25) is 4.79 Å². The summed E-state index contributed by atoms with van der Waals surface area (Å²) in [6.45, 7) is 3.97. The van der Waals surface area contributed by atoms with Crippen LogP contribution in [0.2, 0.25) is 0 Å². The minimum absolute atomic E-state index is 0.0123. The van der Waals surface area contributed by atoms with E-state index in [9.17, 15) is 19.1 Å². The fraction of sp³-hybridized carbons (Fsp3) is 0.217. The molecule has 4 aromatic rings. The van der Waals surface area contributed by atoms with Crippen LogP contribution in [0.5, 0.6) is 0 Å². The SMILES string of the molecule is Cc1cc2occ(CC(=O)NC(Cc3c[nH]c4cc(F)ccc34)C(=O)O)c2cc1C. The Morgan fingerprint density at radius 3 is 2.67 bits per heavy atom. The number of H-pyrrole nitrogens is 1. The molecule has 0 aliphatic carbocycles. The highest BCUT2D eigenvalue weighted by Gasteiger charge is 2.23. The Morgan fingerprint density at radius 1 is 1.13 bits per heavy atom. The molecule has 1 atom stereocenters. The van der Waals surface area contributed by atoms with Crippen molar-refractivity contribution in [2.45, 2.75) is 32.7 Å². The third kappa shape index (κ3) is 3.78. The number of nitrogens with one attached hydrogen (secondary N) is 2. The first-order chi connectivity index (χ1) is 14.3. The molecular weight excluding hydrogens is 387 g/mol. The monoisotopic (exact) mass is 408 g/mol. The number of carboxylic acids is 1. The molecule has 2 aromatic carbocycles. The second kappa shape index (κ2) is 7.67. The number of rotatable bonds is 6. The number of benzene rings is 2. The zero-order valence-corrected chi connectivity index (χ0v) is 16.6. The summed E-state index contributed by atoms with van der Waals surface area (Å²) in [5, 5.41) is 13.8. The van der Waals surface area contributed by atoms with Gasteiger partial charge in [-0.05, 0) is 60.9 Å². The van der Waals surface area contributed by atoms with Crippen LogP contribution in [-0.4, -0.2) is 28.0 Å². The summed E-state index contributed by atoms with van der Waals surface area (Å²) in [4.78, 5) is 27.3. The van der Waals surface area contributed by atoms with Crippen molar-refractivity contribution in [1.29, 1.82) is 0 Å². The molecule has 0 aliphatic heterocycles. The third-order valence-electron chi connectivity index (χ3n) is 5.41. The van der Waals surface area contributed by atoms with Crippen LogP contribution in [0.4, 0.5) is 4.39 Å². The summed E-state index contributed by atoms with van der Waals surface area (Å²) in [5.41, 5.74) is 4.86. The number of carboxylic acid groups (broad SMARTS) is 1. The summed E-state index contributed by atoms with van der Waals surface area (Å²) in [7, 11) is 0. The maximum atomic E-state index is 13.4. The third-order valence-corrected chi connectivity index (χ3v) is 5.41. The lowest BCUT2D eigenvalue weighted by atomic mass is 10.0. The standard InChI is InChI=1S/C23H21FN2O4/c1-12-5-18-15(11-30-21(18)6-13(12)2)8-22(27)26-20(23(28)29)7-14-10-25-19-9-16(24)3-4-17(14)19/h3-6,9-11,20,25H,7-8H2,1-2H3,(H,26,27)(H,28,29). The molecular formula is C23H21FN2O4. The fourth-order valence-corrected chi connectivity index (χ4v) is 3.64. The number of aromatic nitrogens is 1. The minimum Gasteiger partial charge on any atom is -0.480 e. The number of fused-ring (bicyclic) bond motifs is 2. The van der Waals surface area contributed by atoms with E-state index in [4.69, 9.17) is 4.42 Å². The first-order valence-electron chi connectivity index (χ1n) is 9.57. The molecule has 0 saturated carbocycles. The van der Waals surface area contributed by atoms with Gasteiger partial charge in [-0.2, -0.15) is 0 Å². The van der Waals surface area contributed by atoms with Gasteiger partial charge in [-0.25, -0.2) is 9.18 Å². The predicted octanol–water partition coefficient (Wildman–Crippen LogP) is 4.02. The van der Waals surface area contributed by atoms with Gasteiger partial charge in [0.2, 0.25) is 5.91 Å². The number of aliphatic carboxylic acids is 1. The summed E-state index contributed by atoms with van der Waals surface area (Å²) in [6.07, 6.45) is 3.27. The average Bonchev–Trinajstić information content (AvgIpc) is 3.25. The van der Waals surface area contributed by atoms with Gasteiger partial charge in [-0.1, -0.05) is 0 Å². The molecule has 2 heterocycles. The molecule has 1 amide bonds. The first-order valence-corrected chi connectivity index (χ1v) is 9.57. The van der Waals surface area contributed by atoms with Crippen LogP contribution < -0.4 is 5.32 Å². The summed E-state index contributed by atoms with van der Waals surface area (Å²) < 4.78 is 18.9.